The van der Waals surface area contributed by atoms with E-state index in [9.17, 15) is 8.78 Å². The Kier molecular flexibility index (Phi) is 5.50. The molecule has 0 aliphatic rings. The number of nitrogens with zero attached hydrogens (tertiary/aromatic N) is 1. The number of halogens is 2. The summed E-state index contributed by atoms with van der Waals surface area (Å²) in [5.74, 6) is -2.77. The highest BCUT2D eigenvalue weighted by atomic mass is 19.1. The van der Waals surface area contributed by atoms with Gasteiger partial charge in [0, 0.05) is 25.7 Å². The molecule has 1 rings (SSSR count). The molecule has 0 saturated carbocycles. The van der Waals surface area contributed by atoms with Crippen LogP contribution in [-0.4, -0.2) is 36.2 Å². The Morgan fingerprint density at radius 2 is 1.83 bits per heavy atom. The van der Waals surface area contributed by atoms with Crippen molar-refractivity contribution in [2.45, 2.75) is 26.4 Å². The van der Waals surface area contributed by atoms with Crippen LogP contribution in [0.5, 0.6) is 5.75 Å². The Bertz CT molecular complexity index is 374. The second-order valence-corrected chi connectivity index (χ2v) is 4.66. The van der Waals surface area contributed by atoms with E-state index in [1.165, 1.54) is 0 Å². The molecule has 0 spiro atoms. The van der Waals surface area contributed by atoms with Crippen LogP contribution < -0.4 is 5.32 Å². The molecule has 2 N–H and O–H groups in total. The Balaban J connectivity index is 2.40. The van der Waals surface area contributed by atoms with Gasteiger partial charge in [-0.25, -0.2) is 8.78 Å². The molecule has 0 fully saturated rings. The molecule has 0 bridgehead atoms. The zero-order valence-corrected chi connectivity index (χ0v) is 11.0. The molecular formula is C13H20F2N2O. The van der Waals surface area contributed by atoms with Gasteiger partial charge in [-0.2, -0.15) is 0 Å². The van der Waals surface area contributed by atoms with E-state index in [0.717, 1.165) is 25.2 Å². The van der Waals surface area contributed by atoms with Gasteiger partial charge < -0.3 is 15.3 Å². The molecule has 102 valence electrons. The number of nitrogens with one attached hydrogen (secondary N) is 1. The molecule has 0 aliphatic carbocycles. The number of aromatic hydroxyl groups is 1. The van der Waals surface area contributed by atoms with E-state index in [4.69, 9.17) is 5.11 Å². The maximum absolute atomic E-state index is 13.1. The van der Waals surface area contributed by atoms with E-state index in [2.05, 4.69) is 24.1 Å². The third-order valence-electron chi connectivity index (χ3n) is 2.93. The smallest absolute Gasteiger partial charge is 0.187 e. The molecular weight excluding hydrogens is 238 g/mol. The number of phenolic OH excluding ortho intramolecular Hbond substituents is 1. The third-order valence-corrected chi connectivity index (χ3v) is 2.93. The van der Waals surface area contributed by atoms with Crippen LogP contribution in [0.3, 0.4) is 0 Å². The number of benzene rings is 1. The largest absolute Gasteiger partial charge is 0.503 e. The van der Waals surface area contributed by atoms with Gasteiger partial charge in [0.05, 0.1) is 0 Å². The summed E-state index contributed by atoms with van der Waals surface area (Å²) in [5, 5.41) is 12.1. The fourth-order valence-corrected chi connectivity index (χ4v) is 1.47. The first-order chi connectivity index (χ1) is 8.41. The molecule has 0 heterocycles. The van der Waals surface area contributed by atoms with E-state index in [1.54, 1.807) is 0 Å². The van der Waals surface area contributed by atoms with Gasteiger partial charge in [-0.1, -0.05) is 0 Å². The topological polar surface area (TPSA) is 35.5 Å². The third kappa shape index (κ3) is 4.23. The van der Waals surface area contributed by atoms with Crippen LogP contribution >= 0.6 is 0 Å². The maximum atomic E-state index is 13.1. The van der Waals surface area contributed by atoms with Gasteiger partial charge in [0.2, 0.25) is 0 Å². The lowest BCUT2D eigenvalue weighted by molar-refractivity contribution is 0.273. The Morgan fingerprint density at radius 3 is 2.33 bits per heavy atom. The van der Waals surface area contributed by atoms with E-state index in [-0.39, 0.29) is 0 Å². The first-order valence-corrected chi connectivity index (χ1v) is 5.99. The average molecular weight is 258 g/mol. The summed E-state index contributed by atoms with van der Waals surface area (Å²) in [7, 11) is 2.02. The van der Waals surface area contributed by atoms with E-state index < -0.39 is 17.4 Å². The fraction of sp³-hybridized carbons (Fsp3) is 0.538. The molecule has 0 aromatic heterocycles. The Hall–Kier alpha value is -1.20. The van der Waals surface area contributed by atoms with Gasteiger partial charge in [-0.3, -0.25) is 0 Å². The normalized spacial score (nSPS) is 11.5. The second-order valence-electron chi connectivity index (χ2n) is 4.66. The van der Waals surface area contributed by atoms with Gasteiger partial charge in [-0.05, 0) is 38.6 Å². The zero-order chi connectivity index (χ0) is 13.7. The molecule has 0 radical (unpaired) electrons. The van der Waals surface area contributed by atoms with Gasteiger partial charge in [0.15, 0.2) is 17.4 Å². The number of hydrogen-bond acceptors (Lipinski definition) is 3. The van der Waals surface area contributed by atoms with E-state index >= 15 is 0 Å². The minimum absolute atomic E-state index is 0.375. The van der Waals surface area contributed by atoms with Gasteiger partial charge >= 0.3 is 0 Å². The number of likely N-dealkylation sites (N-methyl/N-ethyl adjacent to an activating group) is 1. The summed E-state index contributed by atoms with van der Waals surface area (Å²) in [5.41, 5.74) is 0.481. The molecule has 1 aromatic rings. The minimum Gasteiger partial charge on any atom is -0.503 e. The highest BCUT2D eigenvalue weighted by molar-refractivity contribution is 5.29. The molecule has 3 nitrogen and oxygen atoms in total. The van der Waals surface area contributed by atoms with Crippen molar-refractivity contribution in [3.63, 3.8) is 0 Å². The SMILES string of the molecule is CC(C)N(C)CCNCc1cc(F)c(O)c(F)c1. The second kappa shape index (κ2) is 6.66. The molecule has 18 heavy (non-hydrogen) atoms. The quantitative estimate of drug-likeness (QED) is 0.767. The minimum atomic E-state index is -0.925. The monoisotopic (exact) mass is 258 g/mol. The summed E-state index contributed by atoms with van der Waals surface area (Å²) >= 11 is 0. The number of phenols is 1. The lowest BCUT2D eigenvalue weighted by Gasteiger charge is -2.20. The van der Waals surface area contributed by atoms with Crippen molar-refractivity contribution in [1.82, 2.24) is 10.2 Å². The van der Waals surface area contributed by atoms with Crippen molar-refractivity contribution in [1.29, 1.82) is 0 Å². The molecule has 1 aromatic carbocycles. The average Bonchev–Trinajstić information content (AvgIpc) is 2.31. The first-order valence-electron chi connectivity index (χ1n) is 5.99. The predicted octanol–water partition coefficient (Wildman–Crippen LogP) is 2.10. The van der Waals surface area contributed by atoms with Crippen molar-refractivity contribution in [2.24, 2.45) is 0 Å². The van der Waals surface area contributed by atoms with Crippen LogP contribution in [0.25, 0.3) is 0 Å². The summed E-state index contributed by atoms with van der Waals surface area (Å²) in [4.78, 5) is 2.17. The van der Waals surface area contributed by atoms with E-state index in [1.807, 2.05) is 7.05 Å². The molecule has 0 saturated heterocycles. The van der Waals surface area contributed by atoms with Crippen LogP contribution in [-0.2, 0) is 6.54 Å². The highest BCUT2D eigenvalue weighted by Crippen LogP contribution is 2.21. The predicted molar refractivity (Wildman–Crippen MR) is 67.5 cm³/mol. The molecule has 0 aliphatic heterocycles. The highest BCUT2D eigenvalue weighted by Gasteiger charge is 2.09. The number of rotatable bonds is 6. The van der Waals surface area contributed by atoms with Crippen LogP contribution in [0.4, 0.5) is 8.78 Å². The molecule has 5 heteroatoms. The number of hydrogen-bond donors (Lipinski definition) is 2. The van der Waals surface area contributed by atoms with Crippen molar-refractivity contribution in [3.8, 4) is 5.75 Å². The van der Waals surface area contributed by atoms with E-state index in [0.29, 0.717) is 18.2 Å². The van der Waals surface area contributed by atoms with Gasteiger partial charge in [-0.15, -0.1) is 0 Å². The van der Waals surface area contributed by atoms with Crippen molar-refractivity contribution in [2.75, 3.05) is 20.1 Å². The van der Waals surface area contributed by atoms with Gasteiger partial charge in [0.25, 0.3) is 0 Å². The first kappa shape index (κ1) is 14.9. The zero-order valence-electron chi connectivity index (χ0n) is 11.0. The van der Waals surface area contributed by atoms with Crippen LogP contribution in [0.2, 0.25) is 0 Å². The molecule has 0 atom stereocenters. The summed E-state index contributed by atoms with van der Waals surface area (Å²) in [6.07, 6.45) is 0. The Morgan fingerprint density at radius 1 is 1.28 bits per heavy atom. The lowest BCUT2D eigenvalue weighted by Crippen LogP contribution is -2.33. The maximum Gasteiger partial charge on any atom is 0.187 e. The summed E-state index contributed by atoms with van der Waals surface area (Å²) < 4.78 is 26.1. The fourth-order valence-electron chi connectivity index (χ4n) is 1.47. The van der Waals surface area contributed by atoms with Crippen LogP contribution in [0.15, 0.2) is 12.1 Å². The van der Waals surface area contributed by atoms with Crippen molar-refractivity contribution < 1.29 is 13.9 Å². The summed E-state index contributed by atoms with van der Waals surface area (Å²) in [6, 6.07) is 2.74. The molecule has 0 unspecified atom stereocenters. The molecule has 0 amide bonds. The van der Waals surface area contributed by atoms with Crippen molar-refractivity contribution in [3.05, 3.63) is 29.3 Å². The Labute approximate surface area is 106 Å². The standard InChI is InChI=1S/C13H20F2N2O/c1-9(2)17(3)5-4-16-8-10-6-11(14)13(18)12(15)7-10/h6-7,9,16,18H,4-5,8H2,1-3H3. The van der Waals surface area contributed by atoms with Crippen LogP contribution in [0, 0.1) is 11.6 Å². The summed E-state index contributed by atoms with van der Waals surface area (Å²) in [6.45, 7) is 6.18. The van der Waals surface area contributed by atoms with Crippen molar-refractivity contribution >= 4 is 0 Å². The van der Waals surface area contributed by atoms with Gasteiger partial charge in [0.1, 0.15) is 0 Å². The lowest BCUT2D eigenvalue weighted by atomic mass is 10.2. The van der Waals surface area contributed by atoms with Crippen LogP contribution in [0.1, 0.15) is 19.4 Å².